The first-order valence-electron chi connectivity index (χ1n) is 4.91. The second-order valence-corrected chi connectivity index (χ2v) is 3.49. The molecule has 0 aliphatic heterocycles. The molecule has 0 saturated heterocycles. The van der Waals surface area contributed by atoms with Gasteiger partial charge in [0.15, 0.2) is 0 Å². The Morgan fingerprint density at radius 2 is 2.00 bits per heavy atom. The lowest BCUT2D eigenvalue weighted by atomic mass is 10.1. The molecule has 0 unspecified atom stereocenters. The van der Waals surface area contributed by atoms with E-state index in [1.807, 2.05) is 25.3 Å². The molecule has 0 aliphatic carbocycles. The van der Waals surface area contributed by atoms with Crippen molar-refractivity contribution in [1.29, 1.82) is 0 Å². The highest BCUT2D eigenvalue weighted by Gasteiger charge is 2.07. The predicted octanol–water partition coefficient (Wildman–Crippen LogP) is 2.17. The van der Waals surface area contributed by atoms with E-state index < -0.39 is 0 Å². The number of aromatic nitrogens is 2. The van der Waals surface area contributed by atoms with Gasteiger partial charge >= 0.3 is 5.97 Å². The van der Waals surface area contributed by atoms with Gasteiger partial charge in [-0.05, 0) is 24.6 Å². The van der Waals surface area contributed by atoms with Crippen molar-refractivity contribution < 1.29 is 9.53 Å². The average Bonchev–Trinajstić information content (AvgIpc) is 2.75. The molecule has 4 nitrogen and oxygen atoms in total. The van der Waals surface area contributed by atoms with Crippen LogP contribution in [0.5, 0.6) is 0 Å². The monoisotopic (exact) mass is 216 g/mol. The Morgan fingerprint density at radius 3 is 2.50 bits per heavy atom. The lowest BCUT2D eigenvalue weighted by Gasteiger charge is -2.01. The van der Waals surface area contributed by atoms with Crippen molar-refractivity contribution in [3.05, 3.63) is 41.6 Å². The van der Waals surface area contributed by atoms with Crippen LogP contribution in [0.25, 0.3) is 11.3 Å². The molecule has 1 N–H and O–H groups in total. The van der Waals surface area contributed by atoms with Crippen molar-refractivity contribution in [2.45, 2.75) is 6.92 Å². The summed E-state index contributed by atoms with van der Waals surface area (Å²) in [5, 5.41) is 6.94. The number of H-pyrrole nitrogens is 1. The van der Waals surface area contributed by atoms with E-state index in [2.05, 4.69) is 14.9 Å². The number of nitrogens with one attached hydrogen (secondary N) is 1. The lowest BCUT2D eigenvalue weighted by Crippen LogP contribution is -2.00. The van der Waals surface area contributed by atoms with E-state index in [9.17, 15) is 4.79 Å². The molecule has 0 bridgehead atoms. The molecule has 0 amide bonds. The Hall–Kier alpha value is -2.10. The summed E-state index contributed by atoms with van der Waals surface area (Å²) in [6, 6.07) is 7.18. The summed E-state index contributed by atoms with van der Waals surface area (Å²) in [5.74, 6) is -0.328. The molecule has 0 radical (unpaired) electrons. The van der Waals surface area contributed by atoms with Crippen molar-refractivity contribution in [1.82, 2.24) is 10.2 Å². The highest BCUT2D eigenvalue weighted by atomic mass is 16.5. The Kier molecular flexibility index (Phi) is 2.72. The van der Waals surface area contributed by atoms with E-state index in [4.69, 9.17) is 0 Å². The topological polar surface area (TPSA) is 55.0 Å². The maximum Gasteiger partial charge on any atom is 0.337 e. The summed E-state index contributed by atoms with van der Waals surface area (Å²) in [6.45, 7) is 1.98. The Labute approximate surface area is 93.3 Å². The van der Waals surface area contributed by atoms with Gasteiger partial charge in [-0.15, -0.1) is 0 Å². The molecular formula is C12H12N2O2. The van der Waals surface area contributed by atoms with E-state index in [1.54, 1.807) is 12.1 Å². The highest BCUT2D eigenvalue weighted by molar-refractivity contribution is 5.89. The van der Waals surface area contributed by atoms with Gasteiger partial charge in [0.25, 0.3) is 0 Å². The molecule has 82 valence electrons. The van der Waals surface area contributed by atoms with E-state index >= 15 is 0 Å². The fourth-order valence-corrected chi connectivity index (χ4v) is 1.52. The first kappa shape index (κ1) is 10.4. The predicted molar refractivity (Wildman–Crippen MR) is 60.1 cm³/mol. The zero-order valence-electron chi connectivity index (χ0n) is 9.15. The minimum Gasteiger partial charge on any atom is -0.465 e. The third kappa shape index (κ3) is 1.82. The molecule has 16 heavy (non-hydrogen) atoms. The van der Waals surface area contributed by atoms with Crippen LogP contribution in [0.1, 0.15) is 15.9 Å². The number of aryl methyl sites for hydroxylation is 1. The number of esters is 1. The summed E-state index contributed by atoms with van der Waals surface area (Å²) in [7, 11) is 1.37. The fourth-order valence-electron chi connectivity index (χ4n) is 1.52. The summed E-state index contributed by atoms with van der Waals surface area (Å²) in [4.78, 5) is 11.2. The number of aromatic amines is 1. The average molecular weight is 216 g/mol. The first-order chi connectivity index (χ1) is 7.72. The fraction of sp³-hybridized carbons (Fsp3) is 0.167. The quantitative estimate of drug-likeness (QED) is 0.783. The van der Waals surface area contributed by atoms with Gasteiger partial charge in [-0.2, -0.15) is 5.10 Å². The SMILES string of the molecule is COC(=O)c1ccc(-c2n[nH]cc2C)cc1. The van der Waals surface area contributed by atoms with Crippen LogP contribution in [-0.2, 0) is 4.74 Å². The molecule has 1 heterocycles. The third-order valence-electron chi connectivity index (χ3n) is 2.41. The van der Waals surface area contributed by atoms with Gasteiger partial charge in [0.05, 0.1) is 18.4 Å². The van der Waals surface area contributed by atoms with Crippen LogP contribution >= 0.6 is 0 Å². The number of nitrogens with zero attached hydrogens (tertiary/aromatic N) is 1. The van der Waals surface area contributed by atoms with Crippen LogP contribution in [-0.4, -0.2) is 23.3 Å². The van der Waals surface area contributed by atoms with Gasteiger partial charge in [0.1, 0.15) is 0 Å². The Morgan fingerprint density at radius 1 is 1.31 bits per heavy atom. The second kappa shape index (κ2) is 4.18. The van der Waals surface area contributed by atoms with Crippen molar-refractivity contribution in [2.24, 2.45) is 0 Å². The summed E-state index contributed by atoms with van der Waals surface area (Å²) in [6.07, 6.45) is 1.84. The number of hydrogen-bond acceptors (Lipinski definition) is 3. The number of rotatable bonds is 2. The van der Waals surface area contributed by atoms with E-state index in [0.29, 0.717) is 5.56 Å². The van der Waals surface area contributed by atoms with Crippen molar-refractivity contribution >= 4 is 5.97 Å². The number of carbonyl (C=O) groups is 1. The van der Waals surface area contributed by atoms with Crippen molar-refractivity contribution in [3.63, 3.8) is 0 Å². The Bertz CT molecular complexity index is 500. The Balaban J connectivity index is 2.33. The smallest absolute Gasteiger partial charge is 0.337 e. The number of benzene rings is 1. The number of methoxy groups -OCH3 is 1. The highest BCUT2D eigenvalue weighted by Crippen LogP contribution is 2.20. The number of hydrogen-bond donors (Lipinski definition) is 1. The van der Waals surface area contributed by atoms with Gasteiger partial charge in [0.2, 0.25) is 0 Å². The van der Waals surface area contributed by atoms with Gasteiger partial charge in [-0.1, -0.05) is 12.1 Å². The second-order valence-electron chi connectivity index (χ2n) is 3.49. The maximum atomic E-state index is 11.2. The molecule has 4 heteroatoms. The van der Waals surface area contributed by atoms with Gasteiger partial charge in [-0.3, -0.25) is 5.10 Å². The van der Waals surface area contributed by atoms with E-state index in [1.165, 1.54) is 7.11 Å². The maximum absolute atomic E-state index is 11.2. The zero-order valence-corrected chi connectivity index (χ0v) is 9.15. The molecule has 1 aromatic carbocycles. The van der Waals surface area contributed by atoms with Crippen LogP contribution in [0.4, 0.5) is 0 Å². The molecule has 2 aromatic rings. The minimum atomic E-state index is -0.328. The standard InChI is InChI=1S/C12H12N2O2/c1-8-7-13-14-11(8)9-3-5-10(6-4-9)12(15)16-2/h3-7H,1-2H3,(H,13,14). The molecular weight excluding hydrogens is 204 g/mol. The molecule has 2 rings (SSSR count). The largest absolute Gasteiger partial charge is 0.465 e. The summed E-state index contributed by atoms with van der Waals surface area (Å²) < 4.78 is 4.63. The van der Waals surface area contributed by atoms with E-state index in [-0.39, 0.29) is 5.97 Å². The third-order valence-corrected chi connectivity index (χ3v) is 2.41. The number of ether oxygens (including phenoxy) is 1. The molecule has 0 atom stereocenters. The molecule has 0 aliphatic rings. The normalized spacial score (nSPS) is 10.1. The van der Waals surface area contributed by atoms with Crippen molar-refractivity contribution in [3.8, 4) is 11.3 Å². The van der Waals surface area contributed by atoms with E-state index in [0.717, 1.165) is 16.8 Å². The van der Waals surface area contributed by atoms with Crippen LogP contribution in [0, 0.1) is 6.92 Å². The zero-order chi connectivity index (χ0) is 11.5. The van der Waals surface area contributed by atoms with Crippen LogP contribution in [0.2, 0.25) is 0 Å². The molecule has 0 spiro atoms. The van der Waals surface area contributed by atoms with Gasteiger partial charge < -0.3 is 4.74 Å². The van der Waals surface area contributed by atoms with Crippen LogP contribution in [0.3, 0.4) is 0 Å². The first-order valence-corrected chi connectivity index (χ1v) is 4.91. The number of carbonyl (C=O) groups excluding carboxylic acids is 1. The van der Waals surface area contributed by atoms with Gasteiger partial charge in [0, 0.05) is 11.8 Å². The minimum absolute atomic E-state index is 0.328. The van der Waals surface area contributed by atoms with Crippen molar-refractivity contribution in [2.75, 3.05) is 7.11 Å². The van der Waals surface area contributed by atoms with Crippen LogP contribution in [0.15, 0.2) is 30.5 Å². The molecule has 0 saturated carbocycles. The molecule has 0 fully saturated rings. The summed E-state index contributed by atoms with van der Waals surface area (Å²) >= 11 is 0. The molecule has 1 aromatic heterocycles. The van der Waals surface area contributed by atoms with Crippen LogP contribution < -0.4 is 0 Å². The van der Waals surface area contributed by atoms with Gasteiger partial charge in [-0.25, -0.2) is 4.79 Å². The summed E-state index contributed by atoms with van der Waals surface area (Å²) in [5.41, 5.74) is 3.49. The lowest BCUT2D eigenvalue weighted by molar-refractivity contribution is 0.0601.